The van der Waals surface area contributed by atoms with Gasteiger partial charge >= 0.3 is 0 Å². The van der Waals surface area contributed by atoms with Crippen LogP contribution in [0.3, 0.4) is 0 Å². The van der Waals surface area contributed by atoms with Crippen molar-refractivity contribution < 1.29 is 14.6 Å². The van der Waals surface area contributed by atoms with Gasteiger partial charge in [-0.3, -0.25) is 9.59 Å². The zero-order chi connectivity index (χ0) is 20.7. The Hall–Kier alpha value is -3.18. The van der Waals surface area contributed by atoms with Crippen LogP contribution in [0.5, 0.6) is 5.75 Å². The molecule has 0 spiro atoms. The lowest BCUT2D eigenvalue weighted by atomic mass is 9.87. The predicted molar refractivity (Wildman–Crippen MR) is 114 cm³/mol. The Kier molecular flexibility index (Phi) is 3.50. The number of benzene rings is 3. The number of nitrogens with zero attached hydrogens (tertiary/aromatic N) is 1. The van der Waals surface area contributed by atoms with Crippen LogP contribution in [-0.4, -0.2) is 27.2 Å². The minimum atomic E-state index is -1.30. The molecule has 5 nitrogen and oxygen atoms in total. The number of fused-ring (bicyclic) bond motifs is 5. The van der Waals surface area contributed by atoms with E-state index in [1.807, 2.05) is 54.9 Å². The van der Waals surface area contributed by atoms with Gasteiger partial charge in [-0.1, -0.05) is 24.3 Å². The lowest BCUT2D eigenvalue weighted by Crippen LogP contribution is -2.50. The van der Waals surface area contributed by atoms with Gasteiger partial charge in [0.15, 0.2) is 11.5 Å². The fourth-order valence-electron chi connectivity index (χ4n) is 4.44. The number of ketones is 1. The number of aromatic nitrogens is 1. The Morgan fingerprint density at radius 2 is 1.72 bits per heavy atom. The Balaban J connectivity index is 2.01. The van der Waals surface area contributed by atoms with Crippen molar-refractivity contribution in [3.63, 3.8) is 0 Å². The summed E-state index contributed by atoms with van der Waals surface area (Å²) in [4.78, 5) is 26.6. The van der Waals surface area contributed by atoms with Gasteiger partial charge in [-0.2, -0.15) is 0 Å². The Morgan fingerprint density at radius 3 is 2.41 bits per heavy atom. The van der Waals surface area contributed by atoms with E-state index in [0.717, 1.165) is 21.9 Å². The lowest BCUT2D eigenvalue weighted by molar-refractivity contribution is -0.0247. The zero-order valence-corrected chi connectivity index (χ0v) is 16.7. The maximum Gasteiger partial charge on any atom is 0.201 e. The third-order valence-electron chi connectivity index (χ3n) is 6.02. The number of ether oxygens (including phenoxy) is 1. The Morgan fingerprint density at radius 1 is 1.07 bits per heavy atom. The molecule has 0 amide bonds. The summed E-state index contributed by atoms with van der Waals surface area (Å²) < 4.78 is 7.85. The largest absolute Gasteiger partial charge is 0.484 e. The van der Waals surface area contributed by atoms with Gasteiger partial charge in [0.2, 0.25) is 5.78 Å². The highest BCUT2D eigenvalue weighted by Gasteiger charge is 2.43. The van der Waals surface area contributed by atoms with Crippen molar-refractivity contribution in [1.29, 1.82) is 0 Å². The minimum absolute atomic E-state index is 0.119. The molecule has 0 radical (unpaired) electrons. The van der Waals surface area contributed by atoms with E-state index >= 15 is 0 Å². The number of aryl methyl sites for hydroxylation is 2. The molecule has 146 valence electrons. The first-order chi connectivity index (χ1) is 13.7. The van der Waals surface area contributed by atoms with Crippen LogP contribution in [0.1, 0.15) is 29.8 Å². The van der Waals surface area contributed by atoms with Gasteiger partial charge in [0, 0.05) is 12.4 Å². The third-order valence-corrected chi connectivity index (χ3v) is 6.02. The standard InChI is InChI=1S/C24H21NO4/c1-12-9-17-19(22(27)23(28)24(2,3)29-17)20-18(12)21(26)15-10-13-7-5-6-8-14(13)11-16(15)25(20)4/h5-11,23,28H,1-4H3/t23-/m1/s1. The molecular weight excluding hydrogens is 366 g/mol. The summed E-state index contributed by atoms with van der Waals surface area (Å²) in [6, 6.07) is 13.5. The number of hydrogen-bond acceptors (Lipinski definition) is 4. The Labute approximate surface area is 167 Å². The molecule has 1 N–H and O–H groups in total. The van der Waals surface area contributed by atoms with E-state index in [4.69, 9.17) is 4.74 Å². The normalized spacial score (nSPS) is 18.2. The van der Waals surface area contributed by atoms with Crippen molar-refractivity contribution in [2.24, 2.45) is 7.05 Å². The van der Waals surface area contributed by atoms with E-state index in [1.165, 1.54) is 0 Å². The lowest BCUT2D eigenvalue weighted by Gasteiger charge is -2.36. The SMILES string of the molecule is Cc1cc2c(c3c1c(=O)c1cc4ccccc4cc1n3C)C(=O)[C@@H](O)C(C)(C)O2. The molecule has 4 aromatic rings. The highest BCUT2D eigenvalue weighted by atomic mass is 16.5. The van der Waals surface area contributed by atoms with Gasteiger partial charge in [0.1, 0.15) is 11.4 Å². The third kappa shape index (κ3) is 2.31. The van der Waals surface area contributed by atoms with E-state index in [1.54, 1.807) is 19.9 Å². The van der Waals surface area contributed by atoms with Crippen molar-refractivity contribution in [1.82, 2.24) is 4.57 Å². The summed E-state index contributed by atoms with van der Waals surface area (Å²) in [5, 5.41) is 13.6. The van der Waals surface area contributed by atoms with E-state index < -0.39 is 17.5 Å². The molecule has 5 heteroatoms. The number of pyridine rings is 1. The van der Waals surface area contributed by atoms with Gasteiger partial charge in [0.05, 0.1) is 22.0 Å². The van der Waals surface area contributed by atoms with Gasteiger partial charge in [-0.25, -0.2) is 0 Å². The topological polar surface area (TPSA) is 68.5 Å². The average Bonchev–Trinajstić information content (AvgIpc) is 2.68. The number of carbonyl (C=O) groups is 1. The van der Waals surface area contributed by atoms with Gasteiger partial charge in [-0.15, -0.1) is 0 Å². The minimum Gasteiger partial charge on any atom is -0.484 e. The van der Waals surface area contributed by atoms with Crippen molar-refractivity contribution >= 4 is 38.4 Å². The number of carbonyl (C=O) groups excluding carboxylic acids is 1. The molecular formula is C24H21NO4. The zero-order valence-electron chi connectivity index (χ0n) is 16.7. The van der Waals surface area contributed by atoms with Crippen LogP contribution in [-0.2, 0) is 7.05 Å². The molecule has 1 aliphatic rings. The number of aliphatic hydroxyl groups is 1. The second-order valence-corrected chi connectivity index (χ2v) is 8.37. The molecule has 0 aliphatic carbocycles. The first kappa shape index (κ1) is 17.9. The maximum absolute atomic E-state index is 13.5. The smallest absolute Gasteiger partial charge is 0.201 e. The molecule has 0 unspecified atom stereocenters. The van der Waals surface area contributed by atoms with Crippen LogP contribution in [0.2, 0.25) is 0 Å². The number of hydrogen-bond donors (Lipinski definition) is 1. The van der Waals surface area contributed by atoms with Gasteiger partial charge < -0.3 is 14.4 Å². The van der Waals surface area contributed by atoms with Crippen LogP contribution in [0.15, 0.2) is 47.3 Å². The predicted octanol–water partition coefficient (Wildman–Crippen LogP) is 3.87. The Bertz CT molecular complexity index is 1430. The van der Waals surface area contributed by atoms with Crippen molar-refractivity contribution in [3.8, 4) is 5.75 Å². The van der Waals surface area contributed by atoms with Crippen molar-refractivity contribution in [2.75, 3.05) is 0 Å². The summed E-state index contributed by atoms with van der Waals surface area (Å²) in [5.41, 5.74) is 1.11. The van der Waals surface area contributed by atoms with E-state index in [0.29, 0.717) is 22.0 Å². The van der Waals surface area contributed by atoms with E-state index in [2.05, 4.69) is 0 Å². The molecule has 1 aliphatic heterocycles. The summed E-state index contributed by atoms with van der Waals surface area (Å²) in [7, 11) is 1.85. The molecule has 0 fully saturated rings. The van der Waals surface area contributed by atoms with Crippen LogP contribution >= 0.6 is 0 Å². The molecule has 0 saturated carbocycles. The molecule has 1 atom stereocenters. The number of Topliss-reactive ketones (excluding diaryl/α,β-unsaturated/α-hetero) is 1. The molecule has 5 rings (SSSR count). The molecule has 0 bridgehead atoms. The molecule has 29 heavy (non-hydrogen) atoms. The second-order valence-electron chi connectivity index (χ2n) is 8.37. The van der Waals surface area contributed by atoms with Crippen LogP contribution in [0, 0.1) is 6.92 Å². The maximum atomic E-state index is 13.5. The monoisotopic (exact) mass is 387 g/mol. The van der Waals surface area contributed by atoms with Crippen LogP contribution in [0.4, 0.5) is 0 Å². The summed E-state index contributed by atoms with van der Waals surface area (Å²) in [5.74, 6) is -0.0122. The van der Waals surface area contributed by atoms with Crippen molar-refractivity contribution in [2.45, 2.75) is 32.5 Å². The number of rotatable bonds is 0. The molecule has 2 heterocycles. The number of aliphatic hydroxyl groups excluding tert-OH is 1. The van der Waals surface area contributed by atoms with Crippen LogP contribution < -0.4 is 10.2 Å². The highest BCUT2D eigenvalue weighted by molar-refractivity contribution is 6.15. The fraction of sp³-hybridized carbons (Fsp3) is 0.250. The highest BCUT2D eigenvalue weighted by Crippen LogP contribution is 2.39. The van der Waals surface area contributed by atoms with Gasteiger partial charge in [0.25, 0.3) is 0 Å². The molecule has 0 saturated heterocycles. The fourth-order valence-corrected chi connectivity index (χ4v) is 4.44. The quantitative estimate of drug-likeness (QED) is 0.465. The second kappa shape index (κ2) is 5.67. The van der Waals surface area contributed by atoms with E-state index in [9.17, 15) is 14.7 Å². The summed E-state index contributed by atoms with van der Waals surface area (Å²) in [6.45, 7) is 5.22. The first-order valence-corrected chi connectivity index (χ1v) is 9.61. The van der Waals surface area contributed by atoms with E-state index in [-0.39, 0.29) is 11.0 Å². The summed E-state index contributed by atoms with van der Waals surface area (Å²) in [6.07, 6.45) is -1.30. The molecule has 1 aromatic heterocycles. The van der Waals surface area contributed by atoms with Crippen LogP contribution in [0.25, 0.3) is 32.6 Å². The van der Waals surface area contributed by atoms with Crippen molar-refractivity contribution in [3.05, 3.63) is 63.8 Å². The summed E-state index contributed by atoms with van der Waals surface area (Å²) >= 11 is 0. The molecule has 3 aromatic carbocycles. The first-order valence-electron chi connectivity index (χ1n) is 9.61. The van der Waals surface area contributed by atoms with Gasteiger partial charge in [-0.05, 0) is 55.3 Å². The average molecular weight is 387 g/mol.